The number of hydrogen-bond acceptors (Lipinski definition) is 4. The number of primary amides is 1. The van der Waals surface area contributed by atoms with Gasteiger partial charge in [0.25, 0.3) is 0 Å². The molecule has 0 atom stereocenters. The first-order chi connectivity index (χ1) is 7.37. The number of aliphatic hydroxyl groups is 1. The van der Waals surface area contributed by atoms with Crippen LogP contribution in [0.15, 0.2) is 0 Å². The average molecular weight is 248 g/mol. The van der Waals surface area contributed by atoms with Crippen LogP contribution in [-0.2, 0) is 9.59 Å². The largest absolute Gasteiger partial charge is 0.396 e. The minimum absolute atomic E-state index is 0.0453. The van der Waals surface area contributed by atoms with Crippen molar-refractivity contribution in [3.05, 3.63) is 0 Å². The number of amides is 2. The number of hydrogen-bond donors (Lipinski definition) is 3. The first-order valence-corrected chi connectivity index (χ1v) is 6.31. The number of carbonyl (C=O) groups excluding carboxylic acids is 2. The molecule has 2 amide bonds. The van der Waals surface area contributed by atoms with Gasteiger partial charge in [0, 0.05) is 24.3 Å². The maximum absolute atomic E-state index is 11.5. The van der Waals surface area contributed by atoms with E-state index in [4.69, 9.17) is 10.8 Å². The van der Waals surface area contributed by atoms with E-state index in [0.29, 0.717) is 18.6 Å². The van der Waals surface area contributed by atoms with Crippen molar-refractivity contribution in [1.29, 1.82) is 0 Å². The summed E-state index contributed by atoms with van der Waals surface area (Å²) in [6.45, 7) is 3.76. The second-order valence-electron chi connectivity index (χ2n) is 4.17. The van der Waals surface area contributed by atoms with Crippen LogP contribution >= 0.6 is 11.8 Å². The Kier molecular flexibility index (Phi) is 7.16. The monoisotopic (exact) mass is 248 g/mol. The molecule has 0 rings (SSSR count). The Balaban J connectivity index is 3.69. The molecule has 0 aromatic heterocycles. The number of carbonyl (C=O) groups is 2. The van der Waals surface area contributed by atoms with Gasteiger partial charge in [-0.2, -0.15) is 11.8 Å². The summed E-state index contributed by atoms with van der Waals surface area (Å²) in [5.41, 5.74) is 4.57. The van der Waals surface area contributed by atoms with Crippen molar-refractivity contribution < 1.29 is 14.7 Å². The lowest BCUT2D eigenvalue weighted by Crippen LogP contribution is -2.44. The standard InChI is InChI=1S/C10H20N2O3S/c1-10(2,4-5-13)12-9(15)3-6-16-7-8(11)14/h13H,3-7H2,1-2H3,(H2,11,14)(H,12,15). The van der Waals surface area contributed by atoms with Gasteiger partial charge in [0.05, 0.1) is 5.75 Å². The Labute approximate surface area is 100 Å². The Morgan fingerprint density at radius 3 is 2.56 bits per heavy atom. The summed E-state index contributed by atoms with van der Waals surface area (Å²) >= 11 is 1.34. The average Bonchev–Trinajstić information content (AvgIpc) is 2.11. The highest BCUT2D eigenvalue weighted by atomic mass is 32.2. The lowest BCUT2D eigenvalue weighted by atomic mass is 10.0. The maximum Gasteiger partial charge on any atom is 0.227 e. The molecule has 94 valence electrons. The zero-order valence-corrected chi connectivity index (χ0v) is 10.6. The molecule has 0 radical (unpaired) electrons. The van der Waals surface area contributed by atoms with Crippen molar-refractivity contribution in [3.63, 3.8) is 0 Å². The third-order valence-corrected chi connectivity index (χ3v) is 2.91. The van der Waals surface area contributed by atoms with Crippen molar-refractivity contribution in [1.82, 2.24) is 5.32 Å². The fourth-order valence-electron chi connectivity index (χ4n) is 1.12. The van der Waals surface area contributed by atoms with Gasteiger partial charge in [-0.1, -0.05) is 0 Å². The molecule has 0 unspecified atom stereocenters. The number of nitrogens with two attached hydrogens (primary N) is 1. The van der Waals surface area contributed by atoms with Crippen molar-refractivity contribution in [2.24, 2.45) is 5.73 Å². The minimum Gasteiger partial charge on any atom is -0.396 e. The second-order valence-corrected chi connectivity index (χ2v) is 5.28. The summed E-state index contributed by atoms with van der Waals surface area (Å²) in [7, 11) is 0. The van der Waals surface area contributed by atoms with Crippen LogP contribution in [0.2, 0.25) is 0 Å². The summed E-state index contributed by atoms with van der Waals surface area (Å²) in [6.07, 6.45) is 0.875. The van der Waals surface area contributed by atoms with Crippen LogP contribution in [0.25, 0.3) is 0 Å². The summed E-state index contributed by atoms with van der Waals surface area (Å²) in [6, 6.07) is 0. The van der Waals surface area contributed by atoms with E-state index in [2.05, 4.69) is 5.32 Å². The van der Waals surface area contributed by atoms with Crippen LogP contribution in [0.4, 0.5) is 0 Å². The third kappa shape index (κ3) is 8.55. The van der Waals surface area contributed by atoms with Crippen LogP contribution in [0.5, 0.6) is 0 Å². The molecule has 0 bridgehead atoms. The van der Waals surface area contributed by atoms with Gasteiger partial charge in [0.2, 0.25) is 11.8 Å². The highest BCUT2D eigenvalue weighted by molar-refractivity contribution is 7.99. The summed E-state index contributed by atoms with van der Waals surface area (Å²) < 4.78 is 0. The molecule has 5 nitrogen and oxygen atoms in total. The fraction of sp³-hybridized carbons (Fsp3) is 0.800. The minimum atomic E-state index is -0.389. The van der Waals surface area contributed by atoms with Crippen LogP contribution in [-0.4, -0.2) is 40.6 Å². The Bertz CT molecular complexity index is 244. The lowest BCUT2D eigenvalue weighted by Gasteiger charge is -2.25. The number of rotatable bonds is 8. The van der Waals surface area contributed by atoms with Gasteiger partial charge >= 0.3 is 0 Å². The topological polar surface area (TPSA) is 92.4 Å². The van der Waals surface area contributed by atoms with Gasteiger partial charge in [-0.05, 0) is 20.3 Å². The highest BCUT2D eigenvalue weighted by Gasteiger charge is 2.19. The predicted octanol–water partition coefficient (Wildman–Crippen LogP) is -0.128. The Morgan fingerprint density at radius 2 is 2.06 bits per heavy atom. The predicted molar refractivity (Wildman–Crippen MR) is 65.1 cm³/mol. The maximum atomic E-state index is 11.5. The number of thioether (sulfide) groups is 1. The first-order valence-electron chi connectivity index (χ1n) is 5.15. The zero-order chi connectivity index (χ0) is 12.6. The van der Waals surface area contributed by atoms with E-state index >= 15 is 0 Å². The van der Waals surface area contributed by atoms with E-state index in [1.807, 2.05) is 13.8 Å². The van der Waals surface area contributed by atoms with E-state index < -0.39 is 0 Å². The van der Waals surface area contributed by atoms with Gasteiger partial charge in [-0.3, -0.25) is 9.59 Å². The summed E-state index contributed by atoms with van der Waals surface area (Å²) in [5.74, 6) is 0.374. The van der Waals surface area contributed by atoms with Crippen molar-refractivity contribution in [2.45, 2.75) is 32.2 Å². The van der Waals surface area contributed by atoms with Gasteiger partial charge in [-0.25, -0.2) is 0 Å². The van der Waals surface area contributed by atoms with Crippen molar-refractivity contribution in [2.75, 3.05) is 18.1 Å². The molecule has 6 heteroatoms. The second kappa shape index (κ2) is 7.51. The van der Waals surface area contributed by atoms with E-state index in [-0.39, 0.29) is 29.7 Å². The van der Waals surface area contributed by atoms with Crippen LogP contribution in [0, 0.1) is 0 Å². The fourth-order valence-corrected chi connectivity index (χ4v) is 1.79. The van der Waals surface area contributed by atoms with Crippen molar-refractivity contribution >= 4 is 23.6 Å². The number of aliphatic hydroxyl groups excluding tert-OH is 1. The summed E-state index contributed by atoms with van der Waals surface area (Å²) in [4.78, 5) is 21.9. The molecule has 4 N–H and O–H groups in total. The van der Waals surface area contributed by atoms with Gasteiger partial charge < -0.3 is 16.2 Å². The SMILES string of the molecule is CC(C)(CCO)NC(=O)CCSCC(N)=O. The van der Waals surface area contributed by atoms with Gasteiger partial charge in [0.15, 0.2) is 0 Å². The molecular weight excluding hydrogens is 228 g/mol. The summed E-state index contributed by atoms with van der Waals surface area (Å²) in [5, 5.41) is 11.6. The molecule has 0 aliphatic carbocycles. The molecule has 16 heavy (non-hydrogen) atoms. The quantitative estimate of drug-likeness (QED) is 0.522. The lowest BCUT2D eigenvalue weighted by molar-refractivity contribution is -0.122. The smallest absolute Gasteiger partial charge is 0.227 e. The molecule has 0 spiro atoms. The first kappa shape index (κ1) is 15.2. The van der Waals surface area contributed by atoms with Gasteiger partial charge in [0.1, 0.15) is 0 Å². The molecule has 0 aromatic carbocycles. The molecule has 0 heterocycles. The molecule has 0 aliphatic rings. The molecular formula is C10H20N2O3S. The number of nitrogens with one attached hydrogen (secondary N) is 1. The van der Waals surface area contributed by atoms with E-state index in [0.717, 1.165) is 0 Å². The third-order valence-electron chi connectivity index (χ3n) is 1.93. The highest BCUT2D eigenvalue weighted by Crippen LogP contribution is 2.08. The van der Waals surface area contributed by atoms with Crippen LogP contribution in [0.3, 0.4) is 0 Å². The molecule has 0 saturated carbocycles. The normalized spacial score (nSPS) is 11.2. The molecule has 0 aliphatic heterocycles. The van der Waals surface area contributed by atoms with Gasteiger partial charge in [-0.15, -0.1) is 0 Å². The van der Waals surface area contributed by atoms with E-state index in [9.17, 15) is 9.59 Å². The molecule has 0 fully saturated rings. The zero-order valence-electron chi connectivity index (χ0n) is 9.78. The van der Waals surface area contributed by atoms with Crippen LogP contribution in [0.1, 0.15) is 26.7 Å². The van der Waals surface area contributed by atoms with E-state index in [1.165, 1.54) is 11.8 Å². The molecule has 0 saturated heterocycles. The van der Waals surface area contributed by atoms with E-state index in [1.54, 1.807) is 0 Å². The van der Waals surface area contributed by atoms with Crippen molar-refractivity contribution in [3.8, 4) is 0 Å². The molecule has 0 aromatic rings. The Morgan fingerprint density at radius 1 is 1.44 bits per heavy atom. The Hall–Kier alpha value is -0.750. The van der Waals surface area contributed by atoms with Crippen LogP contribution < -0.4 is 11.1 Å².